The fourth-order valence-corrected chi connectivity index (χ4v) is 2.69. The minimum atomic E-state index is -0.351. The number of amides is 1. The number of pyridine rings is 1. The largest absolute Gasteiger partial charge is 0.350 e. The summed E-state index contributed by atoms with van der Waals surface area (Å²) in [5.74, 6) is -0.569. The molecule has 0 aliphatic rings. The molecule has 0 saturated carbocycles. The van der Waals surface area contributed by atoms with Gasteiger partial charge < -0.3 is 14.7 Å². The van der Waals surface area contributed by atoms with Gasteiger partial charge in [-0.2, -0.15) is 0 Å². The van der Waals surface area contributed by atoms with Crippen LogP contribution >= 0.6 is 0 Å². The highest BCUT2D eigenvalue weighted by atomic mass is 19.1. The average Bonchev–Trinajstić information content (AvgIpc) is 3.16. The first-order chi connectivity index (χ1) is 12.0. The van der Waals surface area contributed by atoms with E-state index in [1.807, 2.05) is 13.8 Å². The summed E-state index contributed by atoms with van der Waals surface area (Å²) in [6.45, 7) is 3.78. The zero-order chi connectivity index (χ0) is 17.6. The fraction of sp³-hybridized carbons (Fsp3) is 0.176. The molecule has 0 aliphatic heterocycles. The molecule has 1 amide bonds. The van der Waals surface area contributed by atoms with Gasteiger partial charge in [0.1, 0.15) is 29.0 Å². The molecule has 0 saturated heterocycles. The third kappa shape index (κ3) is 2.61. The molecule has 126 valence electrons. The van der Waals surface area contributed by atoms with Crippen LogP contribution in [0.1, 0.15) is 24.2 Å². The van der Waals surface area contributed by atoms with Crippen LogP contribution < -0.4 is 5.32 Å². The lowest BCUT2D eigenvalue weighted by Crippen LogP contribution is -2.29. The number of carbonyl (C=O) groups excluding carboxylic acids is 1. The van der Waals surface area contributed by atoms with E-state index < -0.39 is 0 Å². The summed E-state index contributed by atoms with van der Waals surface area (Å²) in [5.41, 5.74) is 3.21. The van der Waals surface area contributed by atoms with Crippen molar-refractivity contribution in [3.63, 3.8) is 0 Å². The summed E-state index contributed by atoms with van der Waals surface area (Å²) in [7, 11) is 0. The third-order valence-electron chi connectivity index (χ3n) is 3.78. The number of hydrogen-bond donors (Lipinski definition) is 2. The number of imidazole rings is 1. The summed E-state index contributed by atoms with van der Waals surface area (Å²) in [6, 6.07) is 3.01. The maximum Gasteiger partial charge on any atom is 0.255 e. The molecule has 0 aromatic carbocycles. The van der Waals surface area contributed by atoms with Crippen molar-refractivity contribution in [1.82, 2.24) is 29.7 Å². The zero-order valence-corrected chi connectivity index (χ0v) is 13.6. The van der Waals surface area contributed by atoms with Crippen LogP contribution in [0.3, 0.4) is 0 Å². The fourth-order valence-electron chi connectivity index (χ4n) is 2.69. The van der Waals surface area contributed by atoms with Crippen molar-refractivity contribution in [2.75, 3.05) is 0 Å². The predicted octanol–water partition coefficient (Wildman–Crippen LogP) is 2.55. The SMILES string of the molecule is CC(C)NC(=O)c1c[nH]c2ncc(-c3ncn4cc(F)ccc34)nc12. The number of nitrogens with zero attached hydrogens (tertiary/aromatic N) is 4. The van der Waals surface area contributed by atoms with Gasteiger partial charge in [0.05, 0.1) is 17.3 Å². The van der Waals surface area contributed by atoms with E-state index in [1.165, 1.54) is 18.6 Å². The number of H-pyrrole nitrogens is 1. The first-order valence-electron chi connectivity index (χ1n) is 7.80. The van der Waals surface area contributed by atoms with Crippen molar-refractivity contribution in [2.24, 2.45) is 0 Å². The summed E-state index contributed by atoms with van der Waals surface area (Å²) in [6.07, 6.45) is 6.03. The molecule has 4 heterocycles. The maximum atomic E-state index is 13.3. The Morgan fingerprint density at radius 1 is 1.32 bits per heavy atom. The topological polar surface area (TPSA) is 88.0 Å². The number of nitrogens with one attached hydrogen (secondary N) is 2. The standard InChI is InChI=1S/C17H15FN6O/c1-9(2)22-17(25)11-5-19-16-14(11)23-12(6-20-16)15-13-4-3-10(18)7-24(13)8-21-15/h3-9H,1-2H3,(H,19,20)(H,22,25). The Balaban J connectivity index is 1.84. The molecule has 0 unspecified atom stereocenters. The molecule has 2 N–H and O–H groups in total. The van der Waals surface area contributed by atoms with E-state index in [9.17, 15) is 9.18 Å². The molecule has 7 nitrogen and oxygen atoms in total. The van der Waals surface area contributed by atoms with Gasteiger partial charge in [-0.1, -0.05) is 0 Å². The van der Waals surface area contributed by atoms with Crippen LogP contribution in [0.2, 0.25) is 0 Å². The number of aromatic nitrogens is 5. The summed E-state index contributed by atoms with van der Waals surface area (Å²) < 4.78 is 14.9. The minimum Gasteiger partial charge on any atom is -0.350 e. The second kappa shape index (κ2) is 5.66. The highest BCUT2D eigenvalue weighted by Crippen LogP contribution is 2.24. The Kier molecular flexibility index (Phi) is 3.45. The van der Waals surface area contributed by atoms with Gasteiger partial charge in [0.2, 0.25) is 0 Å². The second-order valence-corrected chi connectivity index (χ2v) is 6.02. The van der Waals surface area contributed by atoms with Crippen molar-refractivity contribution in [3.8, 4) is 11.4 Å². The first-order valence-corrected chi connectivity index (χ1v) is 7.80. The average molecular weight is 338 g/mol. The van der Waals surface area contributed by atoms with Gasteiger partial charge in [-0.25, -0.2) is 19.3 Å². The highest BCUT2D eigenvalue weighted by Gasteiger charge is 2.17. The molecule has 25 heavy (non-hydrogen) atoms. The number of carbonyl (C=O) groups is 1. The monoisotopic (exact) mass is 338 g/mol. The van der Waals surface area contributed by atoms with E-state index in [0.717, 1.165) is 0 Å². The second-order valence-electron chi connectivity index (χ2n) is 6.02. The van der Waals surface area contributed by atoms with E-state index in [0.29, 0.717) is 33.6 Å². The quantitative estimate of drug-likeness (QED) is 0.601. The van der Waals surface area contributed by atoms with Crippen LogP contribution in [-0.4, -0.2) is 36.3 Å². The highest BCUT2D eigenvalue weighted by molar-refractivity contribution is 6.04. The van der Waals surface area contributed by atoms with E-state index in [2.05, 4.69) is 25.3 Å². The third-order valence-corrected chi connectivity index (χ3v) is 3.78. The Hall–Kier alpha value is -3.29. The number of halogens is 1. The molecule has 4 aromatic heterocycles. The van der Waals surface area contributed by atoms with Gasteiger partial charge >= 0.3 is 0 Å². The minimum absolute atomic E-state index is 0.0144. The molecule has 4 aromatic rings. The summed E-state index contributed by atoms with van der Waals surface area (Å²) >= 11 is 0. The van der Waals surface area contributed by atoms with Crippen molar-refractivity contribution < 1.29 is 9.18 Å². The Labute approximate surface area is 141 Å². The lowest BCUT2D eigenvalue weighted by molar-refractivity contribution is 0.0944. The Morgan fingerprint density at radius 3 is 2.96 bits per heavy atom. The lowest BCUT2D eigenvalue weighted by Gasteiger charge is -2.07. The molecule has 4 rings (SSSR count). The van der Waals surface area contributed by atoms with E-state index >= 15 is 0 Å². The molecule has 0 radical (unpaired) electrons. The van der Waals surface area contributed by atoms with E-state index in [1.54, 1.807) is 22.9 Å². The lowest BCUT2D eigenvalue weighted by atomic mass is 10.2. The number of fused-ring (bicyclic) bond motifs is 2. The van der Waals surface area contributed by atoms with Gasteiger partial charge in [-0.15, -0.1) is 0 Å². The van der Waals surface area contributed by atoms with Gasteiger partial charge in [0.25, 0.3) is 5.91 Å². The van der Waals surface area contributed by atoms with Gasteiger partial charge in [0, 0.05) is 18.4 Å². The maximum absolute atomic E-state index is 13.3. The van der Waals surface area contributed by atoms with Crippen molar-refractivity contribution in [2.45, 2.75) is 19.9 Å². The van der Waals surface area contributed by atoms with Gasteiger partial charge in [-0.05, 0) is 26.0 Å². The number of hydrogen-bond acceptors (Lipinski definition) is 4. The van der Waals surface area contributed by atoms with Crippen molar-refractivity contribution >= 4 is 22.6 Å². The van der Waals surface area contributed by atoms with Crippen LogP contribution in [0.25, 0.3) is 28.1 Å². The molecular weight excluding hydrogens is 323 g/mol. The van der Waals surface area contributed by atoms with E-state index in [4.69, 9.17) is 0 Å². The first kappa shape index (κ1) is 15.3. The molecule has 0 bridgehead atoms. The zero-order valence-electron chi connectivity index (χ0n) is 13.6. The molecule has 0 fully saturated rings. The predicted molar refractivity (Wildman–Crippen MR) is 90.6 cm³/mol. The normalized spacial score (nSPS) is 11.5. The molecular formula is C17H15FN6O. The van der Waals surface area contributed by atoms with Crippen LogP contribution in [-0.2, 0) is 0 Å². The van der Waals surface area contributed by atoms with Crippen LogP contribution in [0.4, 0.5) is 4.39 Å². The van der Waals surface area contributed by atoms with Gasteiger partial charge in [0.15, 0.2) is 5.65 Å². The molecule has 0 aliphatic carbocycles. The Morgan fingerprint density at radius 2 is 2.16 bits per heavy atom. The van der Waals surface area contributed by atoms with Crippen LogP contribution in [0.15, 0.2) is 37.1 Å². The molecule has 0 spiro atoms. The van der Waals surface area contributed by atoms with Crippen LogP contribution in [0, 0.1) is 5.82 Å². The van der Waals surface area contributed by atoms with Crippen LogP contribution in [0.5, 0.6) is 0 Å². The summed E-state index contributed by atoms with van der Waals surface area (Å²) in [4.78, 5) is 28.4. The smallest absolute Gasteiger partial charge is 0.255 e. The van der Waals surface area contributed by atoms with Crippen molar-refractivity contribution in [1.29, 1.82) is 0 Å². The molecule has 8 heteroatoms. The number of aromatic amines is 1. The summed E-state index contributed by atoms with van der Waals surface area (Å²) in [5, 5.41) is 2.84. The number of rotatable bonds is 3. The Bertz CT molecular complexity index is 1100. The van der Waals surface area contributed by atoms with Crippen molar-refractivity contribution in [3.05, 3.63) is 48.4 Å². The van der Waals surface area contributed by atoms with E-state index in [-0.39, 0.29) is 17.8 Å². The van der Waals surface area contributed by atoms with Gasteiger partial charge in [-0.3, -0.25) is 4.79 Å². The molecule has 0 atom stereocenters.